The van der Waals surface area contributed by atoms with Gasteiger partial charge in [0.2, 0.25) is 0 Å². The molecule has 0 amide bonds. The second kappa shape index (κ2) is 10.1. The van der Waals surface area contributed by atoms with Gasteiger partial charge in [0.15, 0.2) is 17.5 Å². The molecule has 1 aromatic rings. The molecule has 0 aliphatic carbocycles. The van der Waals surface area contributed by atoms with Gasteiger partial charge in [-0.05, 0) is 31.0 Å². The van der Waals surface area contributed by atoms with Gasteiger partial charge in [-0.3, -0.25) is 4.99 Å². The number of benzene rings is 1. The molecule has 1 atom stereocenters. The topological polar surface area (TPSA) is 54.9 Å². The predicted molar refractivity (Wildman–Crippen MR) is 106 cm³/mol. The SMILES string of the molecule is CCC(C)NC(=NC)NCc1cc(Cl)c2c(c1)OCCCO2.I. The lowest BCUT2D eigenvalue weighted by atomic mass is 10.2. The van der Waals surface area contributed by atoms with E-state index >= 15 is 0 Å². The Labute approximate surface area is 160 Å². The fraction of sp³-hybridized carbons (Fsp3) is 0.562. The maximum Gasteiger partial charge on any atom is 0.191 e. The maximum atomic E-state index is 6.30. The third-order valence-electron chi connectivity index (χ3n) is 3.54. The van der Waals surface area contributed by atoms with Gasteiger partial charge in [0, 0.05) is 26.1 Å². The molecule has 7 heteroatoms. The zero-order chi connectivity index (χ0) is 15.9. The van der Waals surface area contributed by atoms with Crippen LogP contribution in [0.3, 0.4) is 0 Å². The predicted octanol–water partition coefficient (Wildman–Crippen LogP) is 3.58. The van der Waals surface area contributed by atoms with Gasteiger partial charge < -0.3 is 20.1 Å². The summed E-state index contributed by atoms with van der Waals surface area (Å²) in [6.07, 6.45) is 1.90. The van der Waals surface area contributed by atoms with Gasteiger partial charge in [0.05, 0.1) is 18.2 Å². The van der Waals surface area contributed by atoms with E-state index < -0.39 is 0 Å². The van der Waals surface area contributed by atoms with E-state index in [0.717, 1.165) is 24.4 Å². The third-order valence-corrected chi connectivity index (χ3v) is 3.82. The average molecular weight is 454 g/mol. The monoisotopic (exact) mass is 453 g/mol. The molecule has 0 radical (unpaired) electrons. The number of halogens is 2. The highest BCUT2D eigenvalue weighted by atomic mass is 127. The minimum atomic E-state index is 0. The second-order valence-corrected chi connectivity index (χ2v) is 5.74. The Morgan fingerprint density at radius 2 is 2.09 bits per heavy atom. The van der Waals surface area contributed by atoms with Crippen molar-refractivity contribution in [2.75, 3.05) is 20.3 Å². The number of fused-ring (bicyclic) bond motifs is 1. The van der Waals surface area contributed by atoms with Crippen LogP contribution in [0.15, 0.2) is 17.1 Å². The molecule has 130 valence electrons. The Kier molecular flexibility index (Phi) is 8.83. The number of ether oxygens (including phenoxy) is 2. The van der Waals surface area contributed by atoms with Crippen LogP contribution in [-0.2, 0) is 6.54 Å². The molecule has 1 heterocycles. The van der Waals surface area contributed by atoms with E-state index in [-0.39, 0.29) is 24.0 Å². The van der Waals surface area contributed by atoms with Gasteiger partial charge in [-0.1, -0.05) is 18.5 Å². The molecule has 5 nitrogen and oxygen atoms in total. The smallest absolute Gasteiger partial charge is 0.191 e. The molecule has 1 aromatic carbocycles. The van der Waals surface area contributed by atoms with Gasteiger partial charge in [-0.2, -0.15) is 0 Å². The first-order valence-electron chi connectivity index (χ1n) is 7.69. The summed E-state index contributed by atoms with van der Waals surface area (Å²) < 4.78 is 11.3. The van der Waals surface area contributed by atoms with Crippen molar-refractivity contribution in [1.29, 1.82) is 0 Å². The molecule has 1 unspecified atom stereocenters. The van der Waals surface area contributed by atoms with Crippen molar-refractivity contribution in [3.63, 3.8) is 0 Å². The van der Waals surface area contributed by atoms with E-state index in [2.05, 4.69) is 29.5 Å². The molecule has 23 heavy (non-hydrogen) atoms. The summed E-state index contributed by atoms with van der Waals surface area (Å²) in [5, 5.41) is 7.19. The van der Waals surface area contributed by atoms with Crippen LogP contribution in [0.25, 0.3) is 0 Å². The van der Waals surface area contributed by atoms with Crippen LogP contribution in [0.5, 0.6) is 11.5 Å². The summed E-state index contributed by atoms with van der Waals surface area (Å²) in [6, 6.07) is 4.24. The maximum absolute atomic E-state index is 6.30. The van der Waals surface area contributed by atoms with Gasteiger partial charge >= 0.3 is 0 Å². The van der Waals surface area contributed by atoms with Gasteiger partial charge in [-0.15, -0.1) is 24.0 Å². The zero-order valence-corrected chi connectivity index (χ0v) is 16.9. The van der Waals surface area contributed by atoms with Crippen molar-refractivity contribution < 1.29 is 9.47 Å². The quantitative estimate of drug-likeness (QED) is 0.416. The summed E-state index contributed by atoms with van der Waals surface area (Å²) in [6.45, 7) is 6.16. The molecular formula is C16H25ClIN3O2. The second-order valence-electron chi connectivity index (χ2n) is 5.33. The van der Waals surface area contributed by atoms with Crippen molar-refractivity contribution in [3.8, 4) is 11.5 Å². The lowest BCUT2D eigenvalue weighted by molar-refractivity contribution is 0.297. The summed E-state index contributed by atoms with van der Waals surface area (Å²) in [4.78, 5) is 4.22. The lowest BCUT2D eigenvalue weighted by Crippen LogP contribution is -2.41. The molecule has 0 bridgehead atoms. The Morgan fingerprint density at radius 1 is 1.35 bits per heavy atom. The first-order valence-corrected chi connectivity index (χ1v) is 8.07. The van der Waals surface area contributed by atoms with E-state index in [1.165, 1.54) is 0 Å². The summed E-state index contributed by atoms with van der Waals surface area (Å²) >= 11 is 6.30. The average Bonchev–Trinajstić information content (AvgIpc) is 2.76. The number of nitrogens with one attached hydrogen (secondary N) is 2. The summed E-state index contributed by atoms with van der Waals surface area (Å²) in [7, 11) is 1.76. The molecule has 0 fully saturated rings. The highest BCUT2D eigenvalue weighted by Crippen LogP contribution is 2.37. The van der Waals surface area contributed by atoms with Crippen LogP contribution in [0.2, 0.25) is 5.02 Å². The van der Waals surface area contributed by atoms with E-state index in [9.17, 15) is 0 Å². The molecular weight excluding hydrogens is 429 g/mol. The Balaban J connectivity index is 0.00000264. The molecule has 0 saturated heterocycles. The van der Waals surface area contributed by atoms with E-state index in [0.29, 0.717) is 42.3 Å². The van der Waals surface area contributed by atoms with E-state index in [1.54, 1.807) is 7.05 Å². The van der Waals surface area contributed by atoms with Gasteiger partial charge in [-0.25, -0.2) is 0 Å². The first-order chi connectivity index (χ1) is 10.6. The standard InChI is InChI=1S/C16H24ClN3O2.HI/c1-4-11(2)20-16(18-3)19-10-12-8-13(17)15-14(9-12)21-6-5-7-22-15;/h8-9,11H,4-7,10H2,1-3H3,(H2,18,19,20);1H. The van der Waals surface area contributed by atoms with E-state index in [1.807, 2.05) is 12.1 Å². The van der Waals surface area contributed by atoms with Gasteiger partial charge in [0.25, 0.3) is 0 Å². The normalized spacial score (nSPS) is 15.2. The molecule has 2 rings (SSSR count). The number of hydrogen-bond donors (Lipinski definition) is 2. The van der Waals surface area contributed by atoms with Crippen molar-refractivity contribution in [1.82, 2.24) is 10.6 Å². The lowest BCUT2D eigenvalue weighted by Gasteiger charge is -2.17. The Hall–Kier alpha value is -0.890. The Morgan fingerprint density at radius 3 is 2.78 bits per heavy atom. The van der Waals surface area contributed by atoms with Crippen molar-refractivity contribution in [2.45, 2.75) is 39.3 Å². The largest absolute Gasteiger partial charge is 0.489 e. The summed E-state index contributed by atoms with van der Waals surface area (Å²) in [5.74, 6) is 2.13. The fourth-order valence-corrected chi connectivity index (χ4v) is 2.39. The summed E-state index contributed by atoms with van der Waals surface area (Å²) in [5.41, 5.74) is 1.03. The Bertz CT molecular complexity index is 540. The number of aliphatic imine (C=N–C) groups is 1. The highest BCUT2D eigenvalue weighted by molar-refractivity contribution is 14.0. The fourth-order valence-electron chi connectivity index (χ4n) is 2.10. The van der Waals surface area contributed by atoms with Crippen LogP contribution < -0.4 is 20.1 Å². The van der Waals surface area contributed by atoms with Crippen molar-refractivity contribution in [3.05, 3.63) is 22.7 Å². The minimum Gasteiger partial charge on any atom is -0.489 e. The van der Waals surface area contributed by atoms with Crippen LogP contribution >= 0.6 is 35.6 Å². The van der Waals surface area contributed by atoms with Crippen molar-refractivity contribution in [2.24, 2.45) is 4.99 Å². The minimum absolute atomic E-state index is 0. The van der Waals surface area contributed by atoms with Crippen LogP contribution in [0.4, 0.5) is 0 Å². The molecule has 1 aliphatic rings. The number of rotatable bonds is 4. The molecule has 0 saturated carbocycles. The first kappa shape index (κ1) is 20.2. The molecule has 0 aromatic heterocycles. The van der Waals surface area contributed by atoms with Crippen molar-refractivity contribution >= 4 is 41.5 Å². The molecule has 1 aliphatic heterocycles. The number of guanidine groups is 1. The van der Waals surface area contributed by atoms with E-state index in [4.69, 9.17) is 21.1 Å². The van der Waals surface area contributed by atoms with Crippen LogP contribution in [0, 0.1) is 0 Å². The number of hydrogen-bond acceptors (Lipinski definition) is 3. The third kappa shape index (κ3) is 5.91. The number of nitrogens with zero attached hydrogens (tertiary/aromatic N) is 1. The highest BCUT2D eigenvalue weighted by Gasteiger charge is 2.15. The molecule has 0 spiro atoms. The van der Waals surface area contributed by atoms with Crippen LogP contribution in [-0.4, -0.2) is 32.3 Å². The zero-order valence-electron chi connectivity index (χ0n) is 13.8. The van der Waals surface area contributed by atoms with Gasteiger partial charge in [0.1, 0.15) is 0 Å². The van der Waals surface area contributed by atoms with Crippen LogP contribution in [0.1, 0.15) is 32.3 Å². The molecule has 2 N–H and O–H groups in total.